The van der Waals surface area contributed by atoms with Crippen LogP contribution in [-0.4, -0.2) is 12.6 Å². The summed E-state index contributed by atoms with van der Waals surface area (Å²) in [6.07, 6.45) is 0. The van der Waals surface area contributed by atoms with Crippen LogP contribution in [0.2, 0.25) is 0 Å². The van der Waals surface area contributed by atoms with E-state index in [-0.39, 0.29) is 0 Å². The zero-order chi connectivity index (χ0) is 48.6. The maximum atomic E-state index is 2.54. The summed E-state index contributed by atoms with van der Waals surface area (Å²) in [7, 11) is -2.85. The van der Waals surface area contributed by atoms with Gasteiger partial charge < -0.3 is 9.47 Å². The van der Waals surface area contributed by atoms with Gasteiger partial charge in [0.1, 0.15) is 0 Å². The molecule has 0 aliphatic carbocycles. The Balaban J connectivity index is 1.00. The second-order valence-electron chi connectivity index (χ2n) is 19.2. The molecule has 344 valence electrons. The number of benzene rings is 11. The van der Waals surface area contributed by atoms with Gasteiger partial charge in [-0.05, 0) is 142 Å². The lowest BCUT2D eigenvalue weighted by Crippen LogP contribution is -2.74. The summed E-state index contributed by atoms with van der Waals surface area (Å²) in [5.41, 5.74) is 17.8. The van der Waals surface area contributed by atoms with E-state index in [0.29, 0.717) is 0 Å². The Morgan fingerprint density at radius 3 is 1.01 bits per heavy atom. The largest absolute Gasteiger partial charge is 0.311 e. The summed E-state index contributed by atoms with van der Waals surface area (Å²) >= 11 is 0. The highest BCUT2D eigenvalue weighted by Crippen LogP contribution is 2.39. The fourth-order valence-electron chi connectivity index (χ4n) is 10.8. The molecule has 3 heteroatoms. The van der Waals surface area contributed by atoms with Gasteiger partial charge in [-0.1, -0.05) is 223 Å². The quantitative estimate of drug-likeness (QED) is 0.0927. The number of aryl methyl sites for hydroxylation is 3. The Morgan fingerprint density at radius 1 is 0.278 bits per heavy atom. The molecule has 1 aromatic heterocycles. The highest BCUT2D eigenvalue weighted by atomic mass is 28.3. The first-order valence-electron chi connectivity index (χ1n) is 25.0. The Hall–Kier alpha value is -8.76. The molecule has 1 heterocycles. The fourth-order valence-corrected chi connectivity index (χ4v) is 15.5. The van der Waals surface area contributed by atoms with Gasteiger partial charge in [-0.2, -0.15) is 0 Å². The number of para-hydroxylation sites is 1. The van der Waals surface area contributed by atoms with Crippen molar-refractivity contribution in [2.75, 3.05) is 4.90 Å². The molecule has 0 saturated carbocycles. The molecule has 0 amide bonds. The molecule has 0 unspecified atom stereocenters. The van der Waals surface area contributed by atoms with Gasteiger partial charge in [-0.25, -0.2) is 0 Å². The van der Waals surface area contributed by atoms with Crippen molar-refractivity contribution in [3.8, 4) is 39.1 Å². The minimum Gasteiger partial charge on any atom is -0.311 e. The Labute approximate surface area is 424 Å². The highest BCUT2D eigenvalue weighted by molar-refractivity contribution is 7.20. The average Bonchev–Trinajstić information content (AvgIpc) is 3.77. The summed E-state index contributed by atoms with van der Waals surface area (Å²) < 4.78 is 2.44. The molecule has 72 heavy (non-hydrogen) atoms. The van der Waals surface area contributed by atoms with Crippen molar-refractivity contribution in [1.82, 2.24) is 4.57 Å². The number of anilines is 3. The van der Waals surface area contributed by atoms with E-state index in [1.807, 2.05) is 0 Å². The van der Waals surface area contributed by atoms with Crippen molar-refractivity contribution in [2.24, 2.45) is 0 Å². The maximum Gasteiger partial charge on any atom is 0.179 e. The first-order valence-corrected chi connectivity index (χ1v) is 27.0. The van der Waals surface area contributed by atoms with Crippen molar-refractivity contribution >= 4 is 67.7 Å². The van der Waals surface area contributed by atoms with Gasteiger partial charge in [-0.15, -0.1) is 0 Å². The molecule has 0 saturated heterocycles. The lowest BCUT2D eigenvalue weighted by Gasteiger charge is -2.35. The molecule has 0 radical (unpaired) electrons. The van der Waals surface area contributed by atoms with Crippen LogP contribution in [0.1, 0.15) is 16.7 Å². The predicted octanol–water partition coefficient (Wildman–Crippen LogP) is 15.6. The van der Waals surface area contributed by atoms with Gasteiger partial charge in [0.2, 0.25) is 0 Å². The van der Waals surface area contributed by atoms with E-state index >= 15 is 0 Å². The van der Waals surface area contributed by atoms with Crippen molar-refractivity contribution in [3.05, 3.63) is 290 Å². The van der Waals surface area contributed by atoms with Crippen LogP contribution in [-0.2, 0) is 0 Å². The number of hydrogen-bond acceptors (Lipinski definition) is 1. The van der Waals surface area contributed by atoms with Gasteiger partial charge >= 0.3 is 0 Å². The van der Waals surface area contributed by atoms with E-state index in [9.17, 15) is 0 Å². The SMILES string of the molecule is Cc1ccc([Si](c2ccc(C)cc2)(c2ccc(C)cc2)c2ccc3c(c2)c2cc(-c4ccc(N(c5ccc(-c6ccccc6)cc5)c5ccc(-c6ccccc6)cc5)cc4)ccc2n3-c2ccccc2)cc1. The van der Waals surface area contributed by atoms with E-state index in [1.54, 1.807) is 0 Å². The standard InChI is InChI=1S/C69H54N2Si/c1-49-19-38-62(39-20-49)72(63-40-21-50(2)22-41-63,64-42-23-51(3)24-43-64)65-44-46-69-67(48-65)66-47-57(31-45-68(66)71(69)58-17-11-6-12-18-58)56-29-36-61(37-30-56)70(59-32-25-54(26-33-59)52-13-7-4-8-14-52)60-34-27-55(28-35-60)53-15-9-5-10-16-53/h4-48H,1-3H3. The lowest BCUT2D eigenvalue weighted by atomic mass is 10.0. The highest BCUT2D eigenvalue weighted by Gasteiger charge is 2.42. The van der Waals surface area contributed by atoms with Crippen LogP contribution in [0.4, 0.5) is 17.1 Å². The van der Waals surface area contributed by atoms with Gasteiger partial charge in [-0.3, -0.25) is 0 Å². The van der Waals surface area contributed by atoms with Crippen molar-refractivity contribution in [1.29, 1.82) is 0 Å². The molecular weight excluding hydrogens is 885 g/mol. The molecular formula is C69H54N2Si. The van der Waals surface area contributed by atoms with Crippen LogP contribution in [0.5, 0.6) is 0 Å². The smallest absolute Gasteiger partial charge is 0.179 e. The molecule has 0 fully saturated rings. The van der Waals surface area contributed by atoms with Gasteiger partial charge in [0.05, 0.1) is 11.0 Å². The van der Waals surface area contributed by atoms with Crippen molar-refractivity contribution in [2.45, 2.75) is 20.8 Å². The number of hydrogen-bond donors (Lipinski definition) is 0. The topological polar surface area (TPSA) is 8.17 Å². The van der Waals surface area contributed by atoms with Gasteiger partial charge in [0.25, 0.3) is 0 Å². The average molecular weight is 939 g/mol. The zero-order valence-corrected chi connectivity index (χ0v) is 41.9. The van der Waals surface area contributed by atoms with Crippen molar-refractivity contribution in [3.63, 3.8) is 0 Å². The van der Waals surface area contributed by atoms with E-state index in [0.717, 1.165) is 22.7 Å². The minimum absolute atomic E-state index is 1.09. The third-order valence-corrected chi connectivity index (χ3v) is 19.4. The maximum absolute atomic E-state index is 2.85. The molecule has 0 bridgehead atoms. The number of nitrogens with zero attached hydrogens (tertiary/aromatic N) is 2. The second kappa shape index (κ2) is 18.9. The molecule has 2 nitrogen and oxygen atoms in total. The molecule has 11 aromatic carbocycles. The summed E-state index contributed by atoms with van der Waals surface area (Å²) in [6.45, 7) is 6.56. The third kappa shape index (κ3) is 8.14. The van der Waals surface area contributed by atoms with Crippen LogP contribution < -0.4 is 25.6 Å². The first kappa shape index (κ1) is 44.4. The van der Waals surface area contributed by atoms with Crippen LogP contribution >= 0.6 is 0 Å². The molecule has 0 spiro atoms. The lowest BCUT2D eigenvalue weighted by molar-refractivity contribution is 1.18. The number of rotatable bonds is 11. The first-order chi connectivity index (χ1) is 35.4. The Morgan fingerprint density at radius 2 is 0.597 bits per heavy atom. The van der Waals surface area contributed by atoms with E-state index in [2.05, 4.69) is 303 Å². The van der Waals surface area contributed by atoms with Gasteiger partial charge in [0.15, 0.2) is 8.07 Å². The Bertz CT molecular complexity index is 3610. The summed E-state index contributed by atoms with van der Waals surface area (Å²) in [5, 5.41) is 7.97. The number of aromatic nitrogens is 1. The molecule has 12 aromatic rings. The Kier molecular flexibility index (Phi) is 11.6. The third-order valence-electron chi connectivity index (χ3n) is 14.6. The second-order valence-corrected chi connectivity index (χ2v) is 23.0. The minimum atomic E-state index is -2.85. The predicted molar refractivity (Wildman–Crippen MR) is 310 cm³/mol. The van der Waals surface area contributed by atoms with Gasteiger partial charge in [0, 0.05) is 33.5 Å². The van der Waals surface area contributed by atoms with Crippen LogP contribution in [0.25, 0.3) is 60.9 Å². The van der Waals surface area contributed by atoms with E-state index < -0.39 is 8.07 Å². The summed E-state index contributed by atoms with van der Waals surface area (Å²) in [6, 6.07) is 101. The van der Waals surface area contributed by atoms with E-state index in [4.69, 9.17) is 0 Å². The number of fused-ring (bicyclic) bond motifs is 3. The zero-order valence-electron chi connectivity index (χ0n) is 40.9. The molecule has 0 aliphatic heterocycles. The molecule has 12 rings (SSSR count). The van der Waals surface area contributed by atoms with E-state index in [1.165, 1.54) is 92.6 Å². The summed E-state index contributed by atoms with van der Waals surface area (Å²) in [4.78, 5) is 2.36. The van der Waals surface area contributed by atoms with Crippen molar-refractivity contribution < 1.29 is 0 Å². The van der Waals surface area contributed by atoms with Crippen LogP contribution in [0.3, 0.4) is 0 Å². The molecule has 0 N–H and O–H groups in total. The summed E-state index contributed by atoms with van der Waals surface area (Å²) in [5.74, 6) is 0. The molecule has 0 atom stereocenters. The normalized spacial score (nSPS) is 11.5. The van der Waals surface area contributed by atoms with Crippen LogP contribution in [0.15, 0.2) is 273 Å². The monoisotopic (exact) mass is 938 g/mol. The van der Waals surface area contributed by atoms with Crippen LogP contribution in [0, 0.1) is 20.8 Å². The fraction of sp³-hybridized carbons (Fsp3) is 0.0435. The molecule has 0 aliphatic rings.